The highest BCUT2D eigenvalue weighted by Crippen LogP contribution is 2.51. The van der Waals surface area contributed by atoms with Gasteiger partial charge in [-0.05, 0) is 69.4 Å². The van der Waals surface area contributed by atoms with Gasteiger partial charge < -0.3 is 4.57 Å². The van der Waals surface area contributed by atoms with Gasteiger partial charge in [0.15, 0.2) is 17.5 Å². The number of fused-ring (bicyclic) bond motifs is 9. The van der Waals surface area contributed by atoms with E-state index in [9.17, 15) is 0 Å². The third kappa shape index (κ3) is 4.57. The highest BCUT2D eigenvalue weighted by molar-refractivity contribution is 6.21. The number of benzene rings is 7. The summed E-state index contributed by atoms with van der Waals surface area (Å²) in [6.45, 7) is 0. The van der Waals surface area contributed by atoms with E-state index in [2.05, 4.69) is 108 Å². The zero-order valence-electron chi connectivity index (χ0n) is 28.5. The first kappa shape index (κ1) is 29.5. The molecular formula is C48H29N5. The minimum Gasteiger partial charge on any atom is -0.309 e. The lowest BCUT2D eigenvalue weighted by Gasteiger charge is -2.16. The Morgan fingerprint density at radius 3 is 1.68 bits per heavy atom. The van der Waals surface area contributed by atoms with E-state index in [1.807, 2.05) is 73.1 Å². The van der Waals surface area contributed by atoms with E-state index in [0.29, 0.717) is 17.5 Å². The number of para-hydroxylation sites is 1. The van der Waals surface area contributed by atoms with Crippen LogP contribution < -0.4 is 0 Å². The molecule has 0 spiro atoms. The summed E-state index contributed by atoms with van der Waals surface area (Å²) in [6, 6.07) is 57.6. The van der Waals surface area contributed by atoms with Crippen molar-refractivity contribution in [3.8, 4) is 73.2 Å². The van der Waals surface area contributed by atoms with Crippen molar-refractivity contribution in [3.63, 3.8) is 0 Å². The Kier molecular flexibility index (Phi) is 6.48. The van der Waals surface area contributed by atoms with Gasteiger partial charge in [-0.15, -0.1) is 0 Å². The smallest absolute Gasteiger partial charge is 0.164 e. The fraction of sp³-hybridized carbons (Fsp3) is 0. The van der Waals surface area contributed by atoms with Crippen LogP contribution in [0.15, 0.2) is 176 Å². The van der Waals surface area contributed by atoms with Gasteiger partial charge in [0.25, 0.3) is 0 Å². The van der Waals surface area contributed by atoms with Crippen molar-refractivity contribution in [2.75, 3.05) is 0 Å². The molecule has 246 valence electrons. The molecule has 10 aromatic rings. The number of aromatic nitrogens is 5. The van der Waals surface area contributed by atoms with Crippen LogP contribution in [0.5, 0.6) is 0 Å². The Balaban J connectivity index is 1.15. The van der Waals surface area contributed by atoms with E-state index in [1.165, 1.54) is 49.4 Å². The monoisotopic (exact) mass is 675 g/mol. The van der Waals surface area contributed by atoms with Gasteiger partial charge in [-0.2, -0.15) is 0 Å². The molecule has 53 heavy (non-hydrogen) atoms. The summed E-state index contributed by atoms with van der Waals surface area (Å²) < 4.78 is 2.42. The first-order valence-corrected chi connectivity index (χ1v) is 17.8. The molecule has 3 aromatic heterocycles. The molecule has 5 nitrogen and oxygen atoms in total. The second-order valence-corrected chi connectivity index (χ2v) is 13.5. The minimum absolute atomic E-state index is 0.631. The zero-order valence-corrected chi connectivity index (χ0v) is 28.5. The van der Waals surface area contributed by atoms with E-state index in [0.717, 1.165) is 39.0 Å². The lowest BCUT2D eigenvalue weighted by atomic mass is 9.92. The van der Waals surface area contributed by atoms with E-state index in [-0.39, 0.29) is 0 Å². The molecule has 0 saturated heterocycles. The average molecular weight is 676 g/mol. The Morgan fingerprint density at radius 2 is 1.00 bits per heavy atom. The maximum Gasteiger partial charge on any atom is 0.164 e. The summed E-state index contributed by atoms with van der Waals surface area (Å²) >= 11 is 0. The second kappa shape index (κ2) is 11.7. The first-order chi connectivity index (χ1) is 26.3. The van der Waals surface area contributed by atoms with Crippen LogP contribution in [0.4, 0.5) is 0 Å². The van der Waals surface area contributed by atoms with Crippen molar-refractivity contribution in [2.24, 2.45) is 0 Å². The number of pyridine rings is 1. The van der Waals surface area contributed by atoms with Gasteiger partial charge in [0.1, 0.15) is 0 Å². The maximum absolute atomic E-state index is 4.99. The molecule has 0 fully saturated rings. The van der Waals surface area contributed by atoms with Crippen molar-refractivity contribution in [2.45, 2.75) is 0 Å². The lowest BCUT2D eigenvalue weighted by Crippen LogP contribution is -2.01. The fourth-order valence-corrected chi connectivity index (χ4v) is 8.14. The van der Waals surface area contributed by atoms with E-state index < -0.39 is 0 Å². The normalized spacial score (nSPS) is 11.8. The summed E-state index contributed by atoms with van der Waals surface area (Å²) in [5, 5.41) is 4.91. The van der Waals surface area contributed by atoms with Gasteiger partial charge in [0.05, 0.1) is 11.0 Å². The highest BCUT2D eigenvalue weighted by Gasteiger charge is 2.26. The molecule has 1 aliphatic rings. The second-order valence-electron chi connectivity index (χ2n) is 13.5. The molecule has 11 rings (SSSR count). The molecule has 0 N–H and O–H groups in total. The SMILES string of the molecule is c1ccc(-c2nc(-c3ccccc3)nc(-c3ccc(-n4c5ccccc5c5ccc6c(c54)-c4cnccc4-c4cccc5cccc-6c45)cc3)n2)cc1. The number of nitrogens with zero attached hydrogens (tertiary/aromatic N) is 5. The largest absolute Gasteiger partial charge is 0.309 e. The number of hydrogen-bond acceptors (Lipinski definition) is 4. The Bertz CT molecular complexity index is 2980. The molecule has 0 saturated carbocycles. The lowest BCUT2D eigenvalue weighted by molar-refractivity contribution is 1.07. The topological polar surface area (TPSA) is 56.5 Å². The fourth-order valence-electron chi connectivity index (χ4n) is 8.14. The summed E-state index contributed by atoms with van der Waals surface area (Å²) in [5.74, 6) is 1.92. The molecule has 3 heterocycles. The molecule has 0 amide bonds. The Morgan fingerprint density at radius 1 is 0.396 bits per heavy atom. The Hall–Kier alpha value is -7.24. The van der Waals surface area contributed by atoms with Gasteiger partial charge in [-0.3, -0.25) is 4.98 Å². The third-order valence-electron chi connectivity index (χ3n) is 10.5. The first-order valence-electron chi connectivity index (χ1n) is 17.8. The molecule has 0 bridgehead atoms. The van der Waals surface area contributed by atoms with Crippen molar-refractivity contribution >= 4 is 32.6 Å². The van der Waals surface area contributed by atoms with Crippen molar-refractivity contribution in [3.05, 3.63) is 176 Å². The average Bonchev–Trinajstić information content (AvgIpc) is 3.51. The quantitative estimate of drug-likeness (QED) is 0.186. The van der Waals surface area contributed by atoms with Gasteiger partial charge >= 0.3 is 0 Å². The summed E-state index contributed by atoms with van der Waals surface area (Å²) in [6.07, 6.45) is 3.95. The van der Waals surface area contributed by atoms with Crippen LogP contribution in [0.2, 0.25) is 0 Å². The van der Waals surface area contributed by atoms with E-state index >= 15 is 0 Å². The summed E-state index contributed by atoms with van der Waals surface area (Å²) in [4.78, 5) is 19.6. The van der Waals surface area contributed by atoms with Crippen molar-refractivity contribution in [1.82, 2.24) is 24.5 Å². The van der Waals surface area contributed by atoms with E-state index in [1.54, 1.807) is 0 Å². The minimum atomic E-state index is 0.631. The van der Waals surface area contributed by atoms with Gasteiger partial charge in [0.2, 0.25) is 0 Å². The van der Waals surface area contributed by atoms with Crippen LogP contribution in [0, 0.1) is 0 Å². The molecule has 1 aliphatic carbocycles. The maximum atomic E-state index is 4.99. The van der Waals surface area contributed by atoms with Gasteiger partial charge in [-0.25, -0.2) is 15.0 Å². The van der Waals surface area contributed by atoms with Crippen LogP contribution in [0.25, 0.3) is 106 Å². The van der Waals surface area contributed by atoms with Crippen LogP contribution in [-0.2, 0) is 0 Å². The van der Waals surface area contributed by atoms with Crippen molar-refractivity contribution < 1.29 is 0 Å². The summed E-state index contributed by atoms with van der Waals surface area (Å²) in [5.41, 5.74) is 13.3. The van der Waals surface area contributed by atoms with Crippen LogP contribution in [0.3, 0.4) is 0 Å². The van der Waals surface area contributed by atoms with Gasteiger partial charge in [0, 0.05) is 56.7 Å². The molecule has 0 atom stereocenters. The Labute approximate surface area is 305 Å². The van der Waals surface area contributed by atoms with Crippen LogP contribution in [-0.4, -0.2) is 24.5 Å². The van der Waals surface area contributed by atoms with Gasteiger partial charge in [-0.1, -0.05) is 127 Å². The van der Waals surface area contributed by atoms with Crippen molar-refractivity contribution in [1.29, 1.82) is 0 Å². The predicted molar refractivity (Wildman–Crippen MR) is 216 cm³/mol. The molecule has 7 aromatic carbocycles. The highest BCUT2D eigenvalue weighted by atomic mass is 15.0. The number of hydrogen-bond donors (Lipinski definition) is 0. The molecule has 0 radical (unpaired) electrons. The molecule has 5 heteroatoms. The molecule has 0 aliphatic heterocycles. The third-order valence-corrected chi connectivity index (χ3v) is 10.5. The molecule has 0 unspecified atom stereocenters. The predicted octanol–water partition coefficient (Wildman–Crippen LogP) is 11.8. The summed E-state index contributed by atoms with van der Waals surface area (Å²) in [7, 11) is 0. The van der Waals surface area contributed by atoms with E-state index in [4.69, 9.17) is 19.9 Å². The van der Waals surface area contributed by atoms with Crippen LogP contribution >= 0.6 is 0 Å². The van der Waals surface area contributed by atoms with Crippen LogP contribution in [0.1, 0.15) is 0 Å². The number of rotatable bonds is 4. The standard InChI is InChI=1S/C48H29N5/c1-3-11-31(12-4-1)46-50-47(32-13-5-2-6-14-32)52-48(51-46)33-21-23-34(24-22-33)53-42-20-8-7-17-36(42)40-26-25-39-38-19-10-16-30-15-9-18-37(43(30)38)35-27-28-49-29-41(35)44(39)45(40)53/h1-29H. The zero-order chi connectivity index (χ0) is 34.9. The molecular weight excluding hydrogens is 647 g/mol.